The van der Waals surface area contributed by atoms with Crippen LogP contribution in [-0.2, 0) is 0 Å². The van der Waals surface area contributed by atoms with E-state index in [2.05, 4.69) is 20.6 Å². The number of nitrogens with zero attached hydrogens (tertiary/aromatic N) is 3. The predicted molar refractivity (Wildman–Crippen MR) is 102 cm³/mol. The quantitative estimate of drug-likeness (QED) is 0.519. The van der Waals surface area contributed by atoms with Crippen LogP contribution in [0.2, 0.25) is 5.02 Å². The summed E-state index contributed by atoms with van der Waals surface area (Å²) in [6.45, 7) is 3.41. The van der Waals surface area contributed by atoms with Gasteiger partial charge >= 0.3 is 0 Å². The lowest BCUT2D eigenvalue weighted by Gasteiger charge is -2.06. The first kappa shape index (κ1) is 17.4. The highest BCUT2D eigenvalue weighted by atomic mass is 35.5. The second-order valence-corrected chi connectivity index (χ2v) is 7.03. The van der Waals surface area contributed by atoms with Crippen molar-refractivity contribution in [1.82, 2.24) is 15.3 Å². The number of hydrogen-bond donors (Lipinski definition) is 1. The van der Waals surface area contributed by atoms with E-state index in [1.165, 1.54) is 11.3 Å². The van der Waals surface area contributed by atoms with Gasteiger partial charge in [-0.25, -0.2) is 0 Å². The van der Waals surface area contributed by atoms with Gasteiger partial charge in [-0.3, -0.25) is 4.79 Å². The number of rotatable bonds is 4. The molecule has 9 heteroatoms. The van der Waals surface area contributed by atoms with Crippen molar-refractivity contribution < 1.29 is 13.8 Å². The molecule has 0 spiro atoms. The third kappa shape index (κ3) is 3.24. The highest BCUT2D eigenvalue weighted by Gasteiger charge is 2.24. The molecule has 1 aromatic carbocycles. The second-order valence-electron chi connectivity index (χ2n) is 5.71. The molecule has 0 saturated carbocycles. The number of hydrogen-bond acceptors (Lipinski definition) is 7. The van der Waals surface area contributed by atoms with E-state index in [1.54, 1.807) is 32.0 Å². The topological polar surface area (TPSA) is 94.1 Å². The van der Waals surface area contributed by atoms with Crippen molar-refractivity contribution in [3.8, 4) is 22.0 Å². The molecule has 0 unspecified atom stereocenters. The fourth-order valence-electron chi connectivity index (χ4n) is 2.62. The van der Waals surface area contributed by atoms with Crippen LogP contribution in [0.5, 0.6) is 0 Å². The summed E-state index contributed by atoms with van der Waals surface area (Å²) >= 11 is 7.65. The van der Waals surface area contributed by atoms with Crippen molar-refractivity contribution in [3.05, 3.63) is 57.9 Å². The number of benzene rings is 1. The number of nitrogens with one attached hydrogen (secondary N) is 1. The maximum absolute atomic E-state index is 13.0. The molecule has 7 nitrogen and oxygen atoms in total. The van der Waals surface area contributed by atoms with Crippen molar-refractivity contribution in [2.75, 3.05) is 5.32 Å². The van der Waals surface area contributed by atoms with Crippen LogP contribution in [-0.4, -0.2) is 21.2 Å². The molecular formula is C18H13ClN4O3S. The Morgan fingerprint density at radius 3 is 2.70 bits per heavy atom. The lowest BCUT2D eigenvalue weighted by molar-refractivity contribution is 0.102. The summed E-state index contributed by atoms with van der Waals surface area (Å²) in [7, 11) is 0. The largest absolute Gasteiger partial charge is 0.360 e. The average Bonchev–Trinajstić information content (AvgIpc) is 3.35. The van der Waals surface area contributed by atoms with Gasteiger partial charge in [0.05, 0.1) is 10.7 Å². The zero-order chi connectivity index (χ0) is 19.0. The molecule has 3 aromatic heterocycles. The Kier molecular flexibility index (Phi) is 4.51. The van der Waals surface area contributed by atoms with Crippen LogP contribution in [0.3, 0.4) is 0 Å². The summed E-state index contributed by atoms with van der Waals surface area (Å²) in [6, 6.07) is 8.92. The Bertz CT molecular complexity index is 1130. The van der Waals surface area contributed by atoms with E-state index in [0.717, 1.165) is 0 Å². The molecule has 1 N–H and O–H groups in total. The number of amides is 1. The van der Waals surface area contributed by atoms with E-state index >= 15 is 0 Å². The number of aromatic nitrogens is 3. The minimum atomic E-state index is -0.362. The molecule has 0 radical (unpaired) electrons. The molecule has 0 fully saturated rings. The molecule has 0 atom stereocenters. The standard InChI is InChI=1S/C18H13ClN4O3S/c1-9-14(15(23-25-9)11-5-3-4-6-12(11)19)17(24)21-13-7-8-27-16(13)18-20-10(2)22-26-18/h3-8H,1-2H3,(H,21,24). The second kappa shape index (κ2) is 6.98. The smallest absolute Gasteiger partial charge is 0.270 e. The van der Waals surface area contributed by atoms with Crippen LogP contribution in [0.15, 0.2) is 44.8 Å². The Morgan fingerprint density at radius 1 is 1.15 bits per heavy atom. The highest BCUT2D eigenvalue weighted by molar-refractivity contribution is 7.14. The summed E-state index contributed by atoms with van der Waals surface area (Å²) < 4.78 is 10.5. The highest BCUT2D eigenvalue weighted by Crippen LogP contribution is 2.35. The van der Waals surface area contributed by atoms with E-state index in [9.17, 15) is 4.79 Å². The molecule has 0 saturated heterocycles. The summed E-state index contributed by atoms with van der Waals surface area (Å²) in [5.41, 5.74) is 1.90. The maximum Gasteiger partial charge on any atom is 0.270 e. The molecule has 0 aliphatic rings. The van der Waals surface area contributed by atoms with Gasteiger partial charge in [0.25, 0.3) is 11.8 Å². The van der Waals surface area contributed by atoms with Crippen LogP contribution in [0.4, 0.5) is 5.69 Å². The molecule has 3 heterocycles. The first-order chi connectivity index (χ1) is 13.0. The molecule has 4 aromatic rings. The first-order valence-corrected chi connectivity index (χ1v) is 9.21. The van der Waals surface area contributed by atoms with Gasteiger partial charge in [-0.05, 0) is 31.4 Å². The number of halogens is 1. The molecule has 4 rings (SSSR count). The number of carbonyl (C=O) groups excluding carboxylic acids is 1. The first-order valence-electron chi connectivity index (χ1n) is 7.95. The fraction of sp³-hybridized carbons (Fsp3) is 0.111. The Labute approximate surface area is 163 Å². The zero-order valence-corrected chi connectivity index (χ0v) is 15.9. The predicted octanol–water partition coefficient (Wildman–Crippen LogP) is 4.98. The Balaban J connectivity index is 1.69. The van der Waals surface area contributed by atoms with Crippen LogP contribution < -0.4 is 5.32 Å². The van der Waals surface area contributed by atoms with E-state index in [0.29, 0.717) is 49.9 Å². The summed E-state index contributed by atoms with van der Waals surface area (Å²) in [6.07, 6.45) is 0. The van der Waals surface area contributed by atoms with Gasteiger partial charge in [0.1, 0.15) is 21.9 Å². The van der Waals surface area contributed by atoms with Crippen LogP contribution in [0.25, 0.3) is 22.0 Å². The molecule has 0 aliphatic heterocycles. The van der Waals surface area contributed by atoms with Gasteiger partial charge in [-0.15, -0.1) is 11.3 Å². The minimum absolute atomic E-state index is 0.321. The molecule has 1 amide bonds. The van der Waals surface area contributed by atoms with Gasteiger partial charge in [-0.2, -0.15) is 4.98 Å². The van der Waals surface area contributed by atoms with Gasteiger partial charge in [0.2, 0.25) is 0 Å². The number of aryl methyl sites for hydroxylation is 2. The number of carbonyl (C=O) groups is 1. The monoisotopic (exact) mass is 400 g/mol. The number of anilines is 1. The van der Waals surface area contributed by atoms with Crippen molar-refractivity contribution >= 4 is 34.5 Å². The van der Waals surface area contributed by atoms with Crippen molar-refractivity contribution in [3.63, 3.8) is 0 Å². The van der Waals surface area contributed by atoms with E-state index in [1.807, 2.05) is 17.5 Å². The Hall–Kier alpha value is -2.97. The van der Waals surface area contributed by atoms with Crippen molar-refractivity contribution in [2.24, 2.45) is 0 Å². The van der Waals surface area contributed by atoms with Gasteiger partial charge in [0.15, 0.2) is 5.82 Å². The number of thiophene rings is 1. The van der Waals surface area contributed by atoms with Gasteiger partial charge < -0.3 is 14.4 Å². The van der Waals surface area contributed by atoms with Crippen LogP contribution in [0, 0.1) is 13.8 Å². The van der Waals surface area contributed by atoms with Gasteiger partial charge in [0, 0.05) is 5.56 Å². The fourth-order valence-corrected chi connectivity index (χ4v) is 3.62. The van der Waals surface area contributed by atoms with Crippen molar-refractivity contribution in [2.45, 2.75) is 13.8 Å². The van der Waals surface area contributed by atoms with Crippen molar-refractivity contribution in [1.29, 1.82) is 0 Å². The zero-order valence-electron chi connectivity index (χ0n) is 14.3. The van der Waals surface area contributed by atoms with Crippen LogP contribution >= 0.6 is 22.9 Å². The summed E-state index contributed by atoms with van der Waals surface area (Å²) in [5, 5.41) is 13.0. The third-order valence-corrected chi connectivity index (χ3v) is 5.09. The minimum Gasteiger partial charge on any atom is -0.360 e. The summed E-state index contributed by atoms with van der Waals surface area (Å²) in [4.78, 5) is 17.9. The molecular weight excluding hydrogens is 388 g/mol. The van der Waals surface area contributed by atoms with Crippen LogP contribution in [0.1, 0.15) is 21.9 Å². The van der Waals surface area contributed by atoms with Gasteiger partial charge in [-0.1, -0.05) is 40.1 Å². The maximum atomic E-state index is 13.0. The average molecular weight is 401 g/mol. The Morgan fingerprint density at radius 2 is 1.96 bits per heavy atom. The van der Waals surface area contributed by atoms with E-state index in [-0.39, 0.29) is 5.91 Å². The molecule has 0 bridgehead atoms. The van der Waals surface area contributed by atoms with E-state index < -0.39 is 0 Å². The van der Waals surface area contributed by atoms with E-state index in [4.69, 9.17) is 20.6 Å². The normalized spacial score (nSPS) is 10.9. The molecule has 136 valence electrons. The lowest BCUT2D eigenvalue weighted by Crippen LogP contribution is -2.13. The molecule has 27 heavy (non-hydrogen) atoms. The SMILES string of the molecule is Cc1noc(-c2sccc2NC(=O)c2c(-c3ccccc3Cl)noc2C)n1. The molecule has 0 aliphatic carbocycles. The lowest BCUT2D eigenvalue weighted by atomic mass is 10.1. The third-order valence-electron chi connectivity index (χ3n) is 3.85. The summed E-state index contributed by atoms with van der Waals surface area (Å²) in [5.74, 6) is 0.908.